The summed E-state index contributed by atoms with van der Waals surface area (Å²) in [6, 6.07) is 7.91. The van der Waals surface area contributed by atoms with Gasteiger partial charge in [0.1, 0.15) is 5.92 Å². The highest BCUT2D eigenvalue weighted by Crippen LogP contribution is 2.36. The van der Waals surface area contributed by atoms with E-state index in [4.69, 9.17) is 0 Å². The largest absolute Gasteiger partial charge is 0.298 e. The maximum Gasteiger partial charge on any atom is 0.173 e. The van der Waals surface area contributed by atoms with Crippen LogP contribution in [0.4, 0.5) is 0 Å². The smallest absolute Gasteiger partial charge is 0.173 e. The van der Waals surface area contributed by atoms with E-state index < -0.39 is 5.92 Å². The Labute approximate surface area is 156 Å². The molecule has 4 heteroatoms. The SMILES string of the molecule is Cc1cc(C)c(C2C(=O)C/C(=C\Cc3ccc(Br)cn3)C2=O)c(C)c1. The van der Waals surface area contributed by atoms with Gasteiger partial charge in [-0.1, -0.05) is 23.8 Å². The average Bonchev–Trinajstić information content (AvgIpc) is 2.81. The standard InChI is InChI=1S/C21H20BrNO2/c1-12-8-13(2)19(14(3)9-12)20-18(24)10-15(21(20)25)4-6-17-7-5-16(22)11-23-17/h4-5,7-9,11,20H,6,10H2,1-3H3/b15-4+. The second kappa shape index (κ2) is 7.04. The third-order valence-electron chi connectivity index (χ3n) is 4.64. The minimum Gasteiger partial charge on any atom is -0.298 e. The molecule has 25 heavy (non-hydrogen) atoms. The maximum absolute atomic E-state index is 12.9. The number of hydrogen-bond donors (Lipinski definition) is 0. The summed E-state index contributed by atoms with van der Waals surface area (Å²) >= 11 is 3.36. The minimum atomic E-state index is -0.648. The van der Waals surface area contributed by atoms with Gasteiger partial charge in [-0.2, -0.15) is 0 Å². The molecule has 0 N–H and O–H groups in total. The van der Waals surface area contributed by atoms with Crippen molar-refractivity contribution in [3.8, 4) is 0 Å². The molecule has 0 spiro atoms. The van der Waals surface area contributed by atoms with Crippen LogP contribution in [0.5, 0.6) is 0 Å². The zero-order valence-corrected chi connectivity index (χ0v) is 16.2. The second-order valence-corrected chi connectivity index (χ2v) is 7.57. The Hall–Kier alpha value is -2.07. The number of carbonyl (C=O) groups is 2. The molecule has 1 atom stereocenters. The van der Waals surface area contributed by atoms with Crippen molar-refractivity contribution in [1.29, 1.82) is 0 Å². The number of rotatable bonds is 3. The van der Waals surface area contributed by atoms with E-state index in [0.29, 0.717) is 12.0 Å². The lowest BCUT2D eigenvalue weighted by atomic mass is 9.87. The van der Waals surface area contributed by atoms with Gasteiger partial charge in [0.2, 0.25) is 0 Å². The van der Waals surface area contributed by atoms with E-state index in [1.165, 1.54) is 0 Å². The Kier molecular flexibility index (Phi) is 5.00. The summed E-state index contributed by atoms with van der Waals surface area (Å²) in [5.74, 6) is -0.711. The molecule has 1 heterocycles. The Morgan fingerprint density at radius 2 is 1.84 bits per heavy atom. The van der Waals surface area contributed by atoms with Crippen LogP contribution >= 0.6 is 15.9 Å². The molecule has 1 aliphatic rings. The maximum atomic E-state index is 12.9. The van der Waals surface area contributed by atoms with Crippen LogP contribution in [0, 0.1) is 20.8 Å². The van der Waals surface area contributed by atoms with Crippen molar-refractivity contribution in [3.63, 3.8) is 0 Å². The van der Waals surface area contributed by atoms with Gasteiger partial charge >= 0.3 is 0 Å². The zero-order chi connectivity index (χ0) is 18.1. The molecule has 2 aromatic rings. The number of nitrogens with zero attached hydrogens (tertiary/aromatic N) is 1. The van der Waals surface area contributed by atoms with Crippen LogP contribution in [0.15, 0.2) is 46.6 Å². The number of allylic oxidation sites excluding steroid dienone is 2. The van der Waals surface area contributed by atoms with Gasteiger partial charge in [-0.15, -0.1) is 0 Å². The molecule has 1 aromatic heterocycles. The predicted molar refractivity (Wildman–Crippen MR) is 102 cm³/mol. The summed E-state index contributed by atoms with van der Waals surface area (Å²) in [5.41, 5.74) is 5.54. The van der Waals surface area contributed by atoms with Gasteiger partial charge in [0, 0.05) is 34.8 Å². The molecule has 0 amide bonds. The monoisotopic (exact) mass is 397 g/mol. The lowest BCUT2D eigenvalue weighted by Gasteiger charge is -2.15. The van der Waals surface area contributed by atoms with Crippen LogP contribution in [0.25, 0.3) is 0 Å². The lowest BCUT2D eigenvalue weighted by molar-refractivity contribution is -0.123. The summed E-state index contributed by atoms with van der Waals surface area (Å²) in [5, 5.41) is 0. The van der Waals surface area contributed by atoms with Crippen molar-refractivity contribution in [2.24, 2.45) is 0 Å². The van der Waals surface area contributed by atoms with Gasteiger partial charge in [-0.25, -0.2) is 0 Å². The summed E-state index contributed by atoms with van der Waals surface area (Å²) in [6.45, 7) is 5.98. The van der Waals surface area contributed by atoms with Crippen molar-refractivity contribution in [3.05, 3.63) is 74.5 Å². The van der Waals surface area contributed by atoms with Gasteiger partial charge in [0.25, 0.3) is 0 Å². The lowest BCUT2D eigenvalue weighted by Crippen LogP contribution is -2.15. The molecule has 128 valence electrons. The number of pyridine rings is 1. The molecule has 1 aromatic carbocycles. The third kappa shape index (κ3) is 3.64. The molecular weight excluding hydrogens is 378 g/mol. The molecule has 3 rings (SSSR count). The number of carbonyl (C=O) groups excluding carboxylic acids is 2. The van der Waals surface area contributed by atoms with Crippen LogP contribution < -0.4 is 0 Å². The van der Waals surface area contributed by atoms with Gasteiger partial charge < -0.3 is 0 Å². The highest BCUT2D eigenvalue weighted by Gasteiger charge is 2.39. The van der Waals surface area contributed by atoms with E-state index in [-0.39, 0.29) is 18.0 Å². The van der Waals surface area contributed by atoms with Crippen molar-refractivity contribution >= 4 is 27.5 Å². The molecule has 1 unspecified atom stereocenters. The summed E-state index contributed by atoms with van der Waals surface area (Å²) in [4.78, 5) is 29.7. The summed E-state index contributed by atoms with van der Waals surface area (Å²) < 4.78 is 0.918. The minimum absolute atomic E-state index is 0.00457. The Bertz CT molecular complexity index is 858. The van der Waals surface area contributed by atoms with E-state index in [1.807, 2.05) is 51.1 Å². The first-order chi connectivity index (χ1) is 11.9. The van der Waals surface area contributed by atoms with Crippen molar-refractivity contribution in [2.75, 3.05) is 0 Å². The molecular formula is C21H20BrNO2. The van der Waals surface area contributed by atoms with Crippen LogP contribution in [0.2, 0.25) is 0 Å². The molecule has 1 fully saturated rings. The van der Waals surface area contributed by atoms with Crippen LogP contribution in [-0.2, 0) is 16.0 Å². The number of ketones is 2. The van der Waals surface area contributed by atoms with E-state index in [0.717, 1.165) is 32.4 Å². The van der Waals surface area contributed by atoms with Gasteiger partial charge in [-0.05, 0) is 65.5 Å². The normalized spacial score (nSPS) is 19.0. The Morgan fingerprint density at radius 3 is 2.44 bits per heavy atom. The number of halogens is 1. The number of Topliss-reactive ketones (excluding diaryl/α,β-unsaturated/α-hetero) is 2. The van der Waals surface area contributed by atoms with E-state index in [2.05, 4.69) is 20.9 Å². The van der Waals surface area contributed by atoms with Crippen LogP contribution in [0.1, 0.15) is 40.3 Å². The molecule has 0 radical (unpaired) electrons. The quantitative estimate of drug-likeness (QED) is 0.562. The summed E-state index contributed by atoms with van der Waals surface area (Å²) in [6.07, 6.45) is 4.36. The number of hydrogen-bond acceptors (Lipinski definition) is 3. The Balaban J connectivity index is 1.88. The predicted octanol–water partition coefficient (Wildman–Crippen LogP) is 4.56. The first-order valence-electron chi connectivity index (χ1n) is 8.31. The van der Waals surface area contributed by atoms with E-state index in [9.17, 15) is 9.59 Å². The first kappa shape index (κ1) is 17.7. The van der Waals surface area contributed by atoms with Crippen LogP contribution in [0.3, 0.4) is 0 Å². The third-order valence-corrected chi connectivity index (χ3v) is 5.11. The van der Waals surface area contributed by atoms with Crippen molar-refractivity contribution in [1.82, 2.24) is 4.98 Å². The fraction of sp³-hybridized carbons (Fsp3) is 0.286. The second-order valence-electron chi connectivity index (χ2n) is 6.65. The zero-order valence-electron chi connectivity index (χ0n) is 14.6. The molecule has 0 saturated heterocycles. The van der Waals surface area contributed by atoms with E-state index >= 15 is 0 Å². The number of aryl methyl sites for hydroxylation is 3. The number of aromatic nitrogens is 1. The van der Waals surface area contributed by atoms with Crippen molar-refractivity contribution < 1.29 is 9.59 Å². The van der Waals surface area contributed by atoms with Gasteiger partial charge in [-0.3, -0.25) is 14.6 Å². The Morgan fingerprint density at radius 1 is 1.16 bits per heavy atom. The molecule has 1 aliphatic carbocycles. The summed E-state index contributed by atoms with van der Waals surface area (Å²) in [7, 11) is 0. The molecule has 3 nitrogen and oxygen atoms in total. The van der Waals surface area contributed by atoms with Crippen LogP contribution in [-0.4, -0.2) is 16.6 Å². The fourth-order valence-electron chi connectivity index (χ4n) is 3.57. The van der Waals surface area contributed by atoms with Crippen molar-refractivity contribution in [2.45, 2.75) is 39.5 Å². The molecule has 0 aliphatic heterocycles. The highest BCUT2D eigenvalue weighted by molar-refractivity contribution is 9.10. The van der Waals surface area contributed by atoms with Gasteiger partial charge in [0.15, 0.2) is 11.6 Å². The molecule has 0 bridgehead atoms. The average molecular weight is 398 g/mol. The highest BCUT2D eigenvalue weighted by atomic mass is 79.9. The van der Waals surface area contributed by atoms with Gasteiger partial charge in [0.05, 0.1) is 0 Å². The van der Waals surface area contributed by atoms with E-state index in [1.54, 1.807) is 6.20 Å². The number of benzene rings is 1. The molecule has 1 saturated carbocycles. The topological polar surface area (TPSA) is 47.0 Å². The first-order valence-corrected chi connectivity index (χ1v) is 9.10. The fourth-order valence-corrected chi connectivity index (χ4v) is 3.81.